The summed E-state index contributed by atoms with van der Waals surface area (Å²) in [6.45, 7) is 2.53. The van der Waals surface area contributed by atoms with E-state index in [-0.39, 0.29) is 11.5 Å². The molecule has 2 aromatic heterocycles. The molecule has 0 bridgehead atoms. The normalized spacial score (nSPS) is 11.1. The van der Waals surface area contributed by atoms with E-state index >= 15 is 0 Å². The fourth-order valence-electron chi connectivity index (χ4n) is 3.06. The number of thiazole rings is 1. The van der Waals surface area contributed by atoms with E-state index in [4.69, 9.17) is 0 Å². The predicted molar refractivity (Wildman–Crippen MR) is 105 cm³/mol. The van der Waals surface area contributed by atoms with Crippen LogP contribution in [0.1, 0.15) is 12.5 Å². The van der Waals surface area contributed by atoms with Gasteiger partial charge in [0.05, 0.1) is 22.3 Å². The van der Waals surface area contributed by atoms with Gasteiger partial charge in [0.25, 0.3) is 5.56 Å². The zero-order valence-corrected chi connectivity index (χ0v) is 15.0. The highest BCUT2D eigenvalue weighted by Crippen LogP contribution is 2.30. The third-order valence-electron chi connectivity index (χ3n) is 4.17. The molecule has 0 saturated heterocycles. The van der Waals surface area contributed by atoms with Crippen molar-refractivity contribution in [3.63, 3.8) is 0 Å². The van der Waals surface area contributed by atoms with E-state index in [1.165, 1.54) is 11.3 Å². The number of hydrogen-bond donors (Lipinski definition) is 1. The fraction of sp³-hybridized carbons (Fsp3) is 0.150. The maximum Gasteiger partial charge on any atom is 0.274 e. The number of rotatable bonds is 4. The van der Waals surface area contributed by atoms with Gasteiger partial charge in [0.1, 0.15) is 0 Å². The quantitative estimate of drug-likeness (QED) is 0.605. The summed E-state index contributed by atoms with van der Waals surface area (Å²) in [6, 6.07) is 17.3. The number of aromatic nitrogens is 2. The number of carbonyl (C=O) groups is 1. The summed E-state index contributed by atoms with van der Waals surface area (Å²) < 4.78 is 3.01. The Hall–Kier alpha value is -2.99. The monoisotopic (exact) mass is 363 g/mol. The fourth-order valence-corrected chi connectivity index (χ4v) is 4.16. The average Bonchev–Trinajstić information content (AvgIpc) is 2.99. The van der Waals surface area contributed by atoms with E-state index in [0.29, 0.717) is 17.9 Å². The number of carbonyl (C=O) groups excluding carboxylic acids is 1. The first-order valence-electron chi connectivity index (χ1n) is 8.43. The third-order valence-corrected chi connectivity index (χ3v) is 5.18. The Kier molecular flexibility index (Phi) is 4.26. The van der Waals surface area contributed by atoms with Gasteiger partial charge in [0, 0.05) is 12.6 Å². The Balaban J connectivity index is 1.89. The number of fused-ring (bicyclic) bond motifs is 3. The minimum atomic E-state index is -0.252. The van der Waals surface area contributed by atoms with E-state index in [0.717, 1.165) is 27.0 Å². The SMILES string of the molecule is CCNC(=O)Cc1ccc2c(c1)sc1nc(=O)cc(-c3ccccc3)n12. The lowest BCUT2D eigenvalue weighted by molar-refractivity contribution is -0.120. The molecule has 0 saturated carbocycles. The highest BCUT2D eigenvalue weighted by Gasteiger charge is 2.13. The van der Waals surface area contributed by atoms with Crippen LogP contribution in [0.3, 0.4) is 0 Å². The van der Waals surface area contributed by atoms with Gasteiger partial charge in [-0.05, 0) is 30.2 Å². The van der Waals surface area contributed by atoms with Crippen molar-refractivity contribution in [3.8, 4) is 11.3 Å². The van der Waals surface area contributed by atoms with Crippen molar-refractivity contribution >= 4 is 32.4 Å². The van der Waals surface area contributed by atoms with Crippen molar-refractivity contribution in [2.24, 2.45) is 0 Å². The van der Waals surface area contributed by atoms with Crippen LogP contribution in [0.25, 0.3) is 26.4 Å². The first kappa shape index (κ1) is 16.5. The molecule has 2 heterocycles. The van der Waals surface area contributed by atoms with Crippen LogP contribution < -0.4 is 10.9 Å². The summed E-state index contributed by atoms with van der Waals surface area (Å²) in [5.41, 5.74) is 3.46. The highest BCUT2D eigenvalue weighted by atomic mass is 32.1. The summed E-state index contributed by atoms with van der Waals surface area (Å²) in [6.07, 6.45) is 0.342. The van der Waals surface area contributed by atoms with E-state index in [9.17, 15) is 9.59 Å². The van der Waals surface area contributed by atoms with Gasteiger partial charge in [-0.2, -0.15) is 4.98 Å². The van der Waals surface area contributed by atoms with Crippen molar-refractivity contribution in [2.75, 3.05) is 6.54 Å². The zero-order valence-electron chi connectivity index (χ0n) is 14.2. The predicted octanol–water partition coefficient (Wildman–Crippen LogP) is 3.25. The topological polar surface area (TPSA) is 63.5 Å². The van der Waals surface area contributed by atoms with Crippen LogP contribution in [0.15, 0.2) is 59.4 Å². The second-order valence-electron chi connectivity index (χ2n) is 6.00. The first-order chi connectivity index (χ1) is 12.7. The van der Waals surface area contributed by atoms with Gasteiger partial charge < -0.3 is 5.32 Å². The molecular weight excluding hydrogens is 346 g/mol. The van der Waals surface area contributed by atoms with Crippen LogP contribution in [0, 0.1) is 0 Å². The molecule has 4 aromatic rings. The Morgan fingerprint density at radius 3 is 2.73 bits per heavy atom. The molecule has 0 unspecified atom stereocenters. The maximum atomic E-state index is 12.1. The molecule has 130 valence electrons. The molecule has 0 radical (unpaired) electrons. The molecule has 26 heavy (non-hydrogen) atoms. The van der Waals surface area contributed by atoms with Gasteiger partial charge in [-0.25, -0.2) is 0 Å². The number of amides is 1. The standard InChI is InChI=1S/C20H17N3O2S/c1-2-21-18(24)11-13-8-9-15-17(10-13)26-20-22-19(25)12-16(23(15)20)14-6-4-3-5-7-14/h3-10,12H,2,11H2,1H3,(H,21,24). The smallest absolute Gasteiger partial charge is 0.274 e. The number of nitrogens with one attached hydrogen (secondary N) is 1. The van der Waals surface area contributed by atoms with Crippen LogP contribution in [-0.2, 0) is 11.2 Å². The maximum absolute atomic E-state index is 12.1. The Morgan fingerprint density at radius 1 is 1.15 bits per heavy atom. The van der Waals surface area contributed by atoms with E-state index < -0.39 is 0 Å². The molecule has 1 amide bonds. The van der Waals surface area contributed by atoms with Gasteiger partial charge in [-0.1, -0.05) is 47.7 Å². The van der Waals surface area contributed by atoms with E-state index in [1.54, 1.807) is 6.07 Å². The Bertz CT molecular complexity index is 1160. The minimum Gasteiger partial charge on any atom is -0.356 e. The van der Waals surface area contributed by atoms with Crippen LogP contribution in [-0.4, -0.2) is 21.8 Å². The molecule has 0 aliphatic carbocycles. The second kappa shape index (κ2) is 6.72. The lowest BCUT2D eigenvalue weighted by Crippen LogP contribution is -2.24. The number of nitrogens with zero attached hydrogens (tertiary/aromatic N) is 2. The first-order valence-corrected chi connectivity index (χ1v) is 9.24. The lowest BCUT2D eigenvalue weighted by atomic mass is 10.1. The van der Waals surface area contributed by atoms with Crippen molar-refractivity contribution in [1.29, 1.82) is 0 Å². The summed E-state index contributed by atoms with van der Waals surface area (Å²) in [4.78, 5) is 28.7. The number of hydrogen-bond acceptors (Lipinski definition) is 4. The molecule has 4 rings (SSSR count). The lowest BCUT2D eigenvalue weighted by Gasteiger charge is -2.06. The average molecular weight is 363 g/mol. The molecule has 6 heteroatoms. The third kappa shape index (κ3) is 2.99. The Morgan fingerprint density at radius 2 is 1.96 bits per heavy atom. The van der Waals surface area contributed by atoms with Gasteiger partial charge in [-0.3, -0.25) is 14.0 Å². The number of likely N-dealkylation sites (N-methyl/N-ethyl adjacent to an activating group) is 1. The summed E-state index contributed by atoms with van der Waals surface area (Å²) in [5.74, 6) is 0.00515. The van der Waals surface area contributed by atoms with Crippen molar-refractivity contribution < 1.29 is 4.79 Å². The zero-order chi connectivity index (χ0) is 18.1. The van der Waals surface area contributed by atoms with Crippen LogP contribution in [0.2, 0.25) is 0 Å². The summed E-state index contributed by atoms with van der Waals surface area (Å²) in [7, 11) is 0. The molecule has 0 aliphatic rings. The highest BCUT2D eigenvalue weighted by molar-refractivity contribution is 7.23. The van der Waals surface area contributed by atoms with Crippen molar-refractivity contribution in [2.45, 2.75) is 13.3 Å². The second-order valence-corrected chi connectivity index (χ2v) is 7.01. The van der Waals surface area contributed by atoms with Gasteiger partial charge >= 0.3 is 0 Å². The van der Waals surface area contributed by atoms with Crippen LogP contribution in [0.4, 0.5) is 0 Å². The van der Waals surface area contributed by atoms with Crippen LogP contribution in [0.5, 0.6) is 0 Å². The molecule has 5 nitrogen and oxygen atoms in total. The van der Waals surface area contributed by atoms with Crippen LogP contribution >= 0.6 is 11.3 Å². The molecular formula is C20H17N3O2S. The molecule has 0 aliphatic heterocycles. The summed E-state index contributed by atoms with van der Waals surface area (Å²) in [5, 5.41) is 2.81. The van der Waals surface area contributed by atoms with Gasteiger partial charge in [-0.15, -0.1) is 0 Å². The summed E-state index contributed by atoms with van der Waals surface area (Å²) >= 11 is 1.46. The molecule has 0 fully saturated rings. The van der Waals surface area contributed by atoms with E-state index in [1.807, 2.05) is 59.9 Å². The number of benzene rings is 2. The van der Waals surface area contributed by atoms with E-state index in [2.05, 4.69) is 10.3 Å². The van der Waals surface area contributed by atoms with Crippen molar-refractivity contribution in [1.82, 2.24) is 14.7 Å². The van der Waals surface area contributed by atoms with Crippen molar-refractivity contribution in [3.05, 3.63) is 70.5 Å². The molecule has 0 atom stereocenters. The van der Waals surface area contributed by atoms with Gasteiger partial charge in [0.2, 0.25) is 5.91 Å². The largest absolute Gasteiger partial charge is 0.356 e. The van der Waals surface area contributed by atoms with Gasteiger partial charge in [0.15, 0.2) is 4.96 Å². The molecule has 1 N–H and O–H groups in total. The minimum absolute atomic E-state index is 0.00515. The Labute approximate surface area is 153 Å². The molecule has 0 spiro atoms. The molecule has 2 aromatic carbocycles.